The largest absolute Gasteiger partial charge is 0.449 e. The molecule has 2 aromatic carbocycles. The molecule has 0 aliphatic carbocycles. The van der Waals surface area contributed by atoms with Crippen molar-refractivity contribution in [2.45, 2.75) is 24.8 Å². The van der Waals surface area contributed by atoms with Crippen LogP contribution in [0.2, 0.25) is 0 Å². The van der Waals surface area contributed by atoms with Crippen LogP contribution >= 0.6 is 0 Å². The van der Waals surface area contributed by atoms with Gasteiger partial charge < -0.3 is 14.5 Å². The number of aromatic nitrogens is 1. The second kappa shape index (κ2) is 8.33. The molecule has 3 aromatic rings. The Morgan fingerprint density at radius 3 is 2.47 bits per heavy atom. The summed E-state index contributed by atoms with van der Waals surface area (Å²) in [6.07, 6.45) is 0.135. The van der Waals surface area contributed by atoms with Crippen LogP contribution in [0.1, 0.15) is 24.2 Å². The highest BCUT2D eigenvalue weighted by atomic mass is 32.2. The molecule has 2 amide bonds. The minimum atomic E-state index is -3.97. The summed E-state index contributed by atoms with van der Waals surface area (Å²) in [6, 6.07) is 9.70. The fraction of sp³-hybridized carbons (Fsp3) is 0.158. The number of carbonyl (C=O) groups excluding carboxylic acids is 3. The maximum atomic E-state index is 12.3. The van der Waals surface area contributed by atoms with E-state index in [9.17, 15) is 22.8 Å². The number of nitrogens with one attached hydrogen (secondary N) is 2. The van der Waals surface area contributed by atoms with Crippen LogP contribution in [0.3, 0.4) is 0 Å². The number of hydrogen-bond acceptors (Lipinski definition) is 8. The summed E-state index contributed by atoms with van der Waals surface area (Å²) in [6.45, 7) is 2.48. The first-order valence-electron chi connectivity index (χ1n) is 8.64. The number of anilines is 1. The van der Waals surface area contributed by atoms with Crippen molar-refractivity contribution >= 4 is 44.6 Å². The lowest BCUT2D eigenvalue weighted by atomic mass is 10.2. The summed E-state index contributed by atoms with van der Waals surface area (Å²) >= 11 is 0. The third-order valence-corrected chi connectivity index (χ3v) is 5.38. The Morgan fingerprint density at radius 1 is 1.10 bits per heavy atom. The number of fused-ring (bicyclic) bond motifs is 1. The average molecular weight is 431 g/mol. The van der Waals surface area contributed by atoms with Gasteiger partial charge in [-0.05, 0) is 49.4 Å². The quantitative estimate of drug-likeness (QED) is 0.563. The number of sulfonamides is 1. The fourth-order valence-electron chi connectivity index (χ4n) is 2.48. The molecule has 10 nitrogen and oxygen atoms in total. The van der Waals surface area contributed by atoms with Crippen molar-refractivity contribution < 1.29 is 32.0 Å². The van der Waals surface area contributed by atoms with Crippen LogP contribution < -0.4 is 10.0 Å². The molecule has 0 fully saturated rings. The Bertz CT molecular complexity index is 1220. The van der Waals surface area contributed by atoms with E-state index in [2.05, 4.69) is 10.3 Å². The predicted molar refractivity (Wildman–Crippen MR) is 105 cm³/mol. The fourth-order valence-corrected chi connectivity index (χ4v) is 3.47. The van der Waals surface area contributed by atoms with Crippen molar-refractivity contribution in [2.75, 3.05) is 5.32 Å². The van der Waals surface area contributed by atoms with Crippen molar-refractivity contribution in [1.29, 1.82) is 0 Å². The Hall–Kier alpha value is -3.73. The molecule has 0 spiro atoms. The van der Waals surface area contributed by atoms with Crippen molar-refractivity contribution in [3.63, 3.8) is 0 Å². The van der Waals surface area contributed by atoms with E-state index < -0.39 is 33.9 Å². The van der Waals surface area contributed by atoms with Gasteiger partial charge in [0.25, 0.3) is 15.9 Å². The molecule has 0 saturated carbocycles. The summed E-state index contributed by atoms with van der Waals surface area (Å²) in [5.41, 5.74) is 1.49. The molecule has 1 atom stereocenters. The van der Waals surface area contributed by atoms with Crippen LogP contribution in [-0.2, 0) is 24.3 Å². The number of hydrogen-bond donors (Lipinski definition) is 2. The lowest BCUT2D eigenvalue weighted by Gasteiger charge is -2.14. The molecule has 11 heteroatoms. The molecule has 1 heterocycles. The van der Waals surface area contributed by atoms with Gasteiger partial charge in [-0.25, -0.2) is 22.9 Å². The first-order chi connectivity index (χ1) is 14.2. The van der Waals surface area contributed by atoms with Gasteiger partial charge in [-0.15, -0.1) is 0 Å². The minimum absolute atomic E-state index is 0.140. The summed E-state index contributed by atoms with van der Waals surface area (Å²) in [4.78, 5) is 39.3. The molecular weight excluding hydrogens is 414 g/mol. The van der Waals surface area contributed by atoms with Crippen LogP contribution in [0.15, 0.2) is 58.2 Å². The molecule has 1 aromatic heterocycles. The number of nitrogens with zero attached hydrogens (tertiary/aromatic N) is 1. The van der Waals surface area contributed by atoms with E-state index in [4.69, 9.17) is 9.15 Å². The van der Waals surface area contributed by atoms with Gasteiger partial charge >= 0.3 is 5.97 Å². The van der Waals surface area contributed by atoms with Gasteiger partial charge in [0.05, 0.1) is 10.5 Å². The molecule has 156 valence electrons. The van der Waals surface area contributed by atoms with Gasteiger partial charge in [-0.1, -0.05) is 0 Å². The van der Waals surface area contributed by atoms with Crippen molar-refractivity contribution in [3.05, 3.63) is 54.4 Å². The van der Waals surface area contributed by atoms with Crippen molar-refractivity contribution in [1.82, 2.24) is 9.71 Å². The van der Waals surface area contributed by atoms with Gasteiger partial charge in [-0.2, -0.15) is 0 Å². The van der Waals surface area contributed by atoms with E-state index in [-0.39, 0.29) is 16.1 Å². The Balaban J connectivity index is 1.62. The monoisotopic (exact) mass is 431 g/mol. The second-order valence-corrected chi connectivity index (χ2v) is 7.94. The van der Waals surface area contributed by atoms with E-state index in [1.165, 1.54) is 49.7 Å². The van der Waals surface area contributed by atoms with E-state index >= 15 is 0 Å². The lowest BCUT2D eigenvalue weighted by molar-refractivity contribution is -0.123. The van der Waals surface area contributed by atoms with Gasteiger partial charge in [0.1, 0.15) is 5.52 Å². The summed E-state index contributed by atoms with van der Waals surface area (Å²) in [5.74, 6) is -2.03. The van der Waals surface area contributed by atoms with Gasteiger partial charge in [0.2, 0.25) is 5.91 Å². The molecule has 30 heavy (non-hydrogen) atoms. The first-order valence-corrected chi connectivity index (χ1v) is 10.1. The van der Waals surface area contributed by atoms with Crippen LogP contribution in [-0.4, -0.2) is 37.3 Å². The SMILES string of the molecule is CC(=O)NS(=O)(=O)c1ccc(NC(=O)C(C)OC(=O)c2ccc3ocnc3c2)cc1. The molecule has 0 aliphatic rings. The van der Waals surface area contributed by atoms with Crippen LogP contribution in [0.4, 0.5) is 5.69 Å². The second-order valence-electron chi connectivity index (χ2n) is 6.26. The molecule has 2 N–H and O–H groups in total. The molecular formula is C19H17N3O7S. The summed E-state index contributed by atoms with van der Waals surface area (Å²) in [7, 11) is -3.97. The van der Waals surface area contributed by atoms with Crippen molar-refractivity contribution in [3.8, 4) is 0 Å². The van der Waals surface area contributed by atoms with Crippen LogP contribution in [0.25, 0.3) is 11.1 Å². The van der Waals surface area contributed by atoms with E-state index in [0.717, 1.165) is 6.92 Å². The third kappa shape index (κ3) is 4.81. The average Bonchev–Trinajstić information content (AvgIpc) is 3.15. The number of carbonyl (C=O) groups is 3. The molecule has 0 aliphatic heterocycles. The predicted octanol–water partition coefficient (Wildman–Crippen LogP) is 1.84. The van der Waals surface area contributed by atoms with Crippen LogP contribution in [0, 0.1) is 0 Å². The number of amides is 2. The highest BCUT2D eigenvalue weighted by Gasteiger charge is 2.20. The van der Waals surface area contributed by atoms with E-state index in [1.807, 2.05) is 4.72 Å². The third-order valence-electron chi connectivity index (χ3n) is 3.93. The number of oxazole rings is 1. The number of ether oxygens (including phenoxy) is 1. The minimum Gasteiger partial charge on any atom is -0.449 e. The molecule has 0 radical (unpaired) electrons. The maximum Gasteiger partial charge on any atom is 0.338 e. The van der Waals surface area contributed by atoms with Gasteiger partial charge in [0, 0.05) is 12.6 Å². The van der Waals surface area contributed by atoms with Gasteiger partial charge in [0.15, 0.2) is 18.1 Å². The Morgan fingerprint density at radius 2 is 1.80 bits per heavy atom. The molecule has 0 bridgehead atoms. The highest BCUT2D eigenvalue weighted by molar-refractivity contribution is 7.90. The van der Waals surface area contributed by atoms with E-state index in [0.29, 0.717) is 11.1 Å². The normalized spacial score (nSPS) is 12.2. The van der Waals surface area contributed by atoms with E-state index in [1.54, 1.807) is 6.07 Å². The number of rotatable bonds is 6. The van der Waals surface area contributed by atoms with Crippen molar-refractivity contribution in [2.24, 2.45) is 0 Å². The zero-order valence-corrected chi connectivity index (χ0v) is 16.7. The molecule has 3 rings (SSSR count). The Labute approximate surface area is 171 Å². The summed E-state index contributed by atoms with van der Waals surface area (Å²) in [5, 5.41) is 2.52. The lowest BCUT2D eigenvalue weighted by Crippen LogP contribution is -2.30. The van der Waals surface area contributed by atoms with Gasteiger partial charge in [-0.3, -0.25) is 9.59 Å². The summed E-state index contributed by atoms with van der Waals surface area (Å²) < 4.78 is 35.9. The highest BCUT2D eigenvalue weighted by Crippen LogP contribution is 2.17. The first kappa shape index (κ1) is 21.0. The Kier molecular flexibility index (Phi) is 5.83. The number of benzene rings is 2. The maximum absolute atomic E-state index is 12.3. The standard InChI is InChI=1S/C19H17N3O7S/c1-11(29-19(25)13-3-8-17-16(9-13)20-10-28-17)18(24)21-14-4-6-15(7-5-14)30(26,27)22-12(2)23/h3-11H,1-2H3,(H,21,24)(H,22,23). The topological polar surface area (TPSA) is 145 Å². The molecule has 0 saturated heterocycles. The zero-order valence-electron chi connectivity index (χ0n) is 15.9. The zero-order chi connectivity index (χ0) is 21.9. The van der Waals surface area contributed by atoms with Crippen LogP contribution in [0.5, 0.6) is 0 Å². The smallest absolute Gasteiger partial charge is 0.338 e. The number of esters is 1. The molecule has 1 unspecified atom stereocenters.